The maximum Gasteiger partial charge on any atom is 0.340 e. The molecule has 0 radical (unpaired) electrons. The number of nitrogens with zero attached hydrogens (tertiary/aromatic N) is 1. The van der Waals surface area contributed by atoms with Gasteiger partial charge in [0.1, 0.15) is 11.1 Å². The molecule has 0 saturated heterocycles. The number of nitriles is 1. The zero-order chi connectivity index (χ0) is 26.6. The standard InChI is InChI=1S/C29H29N3O4S/c1-29(2,3)19-13-14-20-22(16-30)27(37-24(20)15-19)32-25(33)17-36-28(35)21-11-7-8-12-23(21)31-26(34)18-9-5-4-6-10-18/h4-12,19H,13-15,17H2,1-3H3,(H,31,34)(H,32,33)/t19-/m1/s1. The number of carbonyl (C=O) groups excluding carboxylic acids is 3. The normalized spacial score (nSPS) is 14.7. The first kappa shape index (κ1) is 26.1. The van der Waals surface area contributed by atoms with Crippen molar-refractivity contribution in [1.29, 1.82) is 5.26 Å². The number of carbonyl (C=O) groups is 3. The van der Waals surface area contributed by atoms with Gasteiger partial charge >= 0.3 is 5.97 Å². The Morgan fingerprint density at radius 2 is 1.76 bits per heavy atom. The van der Waals surface area contributed by atoms with E-state index >= 15 is 0 Å². The molecular formula is C29H29N3O4S. The Labute approximate surface area is 220 Å². The summed E-state index contributed by atoms with van der Waals surface area (Å²) in [5, 5.41) is 15.7. The Morgan fingerprint density at radius 1 is 1.05 bits per heavy atom. The van der Waals surface area contributed by atoms with Crippen molar-refractivity contribution in [3.8, 4) is 6.07 Å². The van der Waals surface area contributed by atoms with E-state index in [1.165, 1.54) is 17.4 Å². The topological polar surface area (TPSA) is 108 Å². The molecule has 7 nitrogen and oxygen atoms in total. The van der Waals surface area contributed by atoms with Crippen molar-refractivity contribution in [3.63, 3.8) is 0 Å². The number of para-hydroxylation sites is 1. The third-order valence-electron chi connectivity index (χ3n) is 6.62. The van der Waals surface area contributed by atoms with Crippen LogP contribution in [0.15, 0.2) is 54.6 Å². The zero-order valence-corrected chi connectivity index (χ0v) is 21.9. The highest BCUT2D eigenvalue weighted by molar-refractivity contribution is 7.16. The van der Waals surface area contributed by atoms with Gasteiger partial charge in [-0.15, -0.1) is 11.3 Å². The highest BCUT2D eigenvalue weighted by atomic mass is 32.1. The number of anilines is 2. The average molecular weight is 516 g/mol. The molecular weight excluding hydrogens is 486 g/mol. The number of hydrogen-bond donors (Lipinski definition) is 2. The van der Waals surface area contributed by atoms with Gasteiger partial charge in [0.25, 0.3) is 11.8 Å². The molecule has 37 heavy (non-hydrogen) atoms. The Kier molecular flexibility index (Phi) is 7.74. The van der Waals surface area contributed by atoms with Crippen LogP contribution in [0.2, 0.25) is 0 Å². The van der Waals surface area contributed by atoms with Gasteiger partial charge in [-0.25, -0.2) is 4.79 Å². The molecule has 2 aromatic carbocycles. The maximum absolute atomic E-state index is 12.7. The van der Waals surface area contributed by atoms with Crippen molar-refractivity contribution >= 4 is 39.8 Å². The summed E-state index contributed by atoms with van der Waals surface area (Å²) >= 11 is 1.43. The molecule has 0 fully saturated rings. The number of ether oxygens (including phenoxy) is 1. The van der Waals surface area contributed by atoms with E-state index < -0.39 is 18.5 Å². The number of amides is 2. The molecule has 1 aliphatic rings. The van der Waals surface area contributed by atoms with Crippen LogP contribution in [0.1, 0.15) is 63.9 Å². The van der Waals surface area contributed by atoms with E-state index in [1.807, 2.05) is 0 Å². The SMILES string of the molecule is CC(C)(C)[C@@H]1CCc2c(sc(NC(=O)COC(=O)c3ccccc3NC(=O)c3ccccc3)c2C#N)C1. The van der Waals surface area contributed by atoms with E-state index in [1.54, 1.807) is 48.5 Å². The van der Waals surface area contributed by atoms with Gasteiger partial charge in [0.2, 0.25) is 0 Å². The molecule has 2 N–H and O–H groups in total. The van der Waals surface area contributed by atoms with Crippen LogP contribution in [-0.4, -0.2) is 24.4 Å². The first-order valence-corrected chi connectivity index (χ1v) is 13.0. The summed E-state index contributed by atoms with van der Waals surface area (Å²) in [6, 6.07) is 17.3. The highest BCUT2D eigenvalue weighted by Crippen LogP contribution is 2.44. The second-order valence-electron chi connectivity index (χ2n) is 10.1. The first-order chi connectivity index (χ1) is 17.7. The van der Waals surface area contributed by atoms with Crippen LogP contribution < -0.4 is 10.6 Å². The number of rotatable bonds is 6. The molecule has 0 aliphatic heterocycles. The summed E-state index contributed by atoms with van der Waals surface area (Å²) in [6.45, 7) is 6.16. The fraction of sp³-hybridized carbons (Fsp3) is 0.310. The fourth-order valence-electron chi connectivity index (χ4n) is 4.46. The number of hydrogen-bond acceptors (Lipinski definition) is 6. The number of esters is 1. The van der Waals surface area contributed by atoms with Gasteiger partial charge in [-0.05, 0) is 60.4 Å². The molecule has 3 aromatic rings. The lowest BCUT2D eigenvalue weighted by atomic mass is 9.72. The fourth-order valence-corrected chi connectivity index (χ4v) is 5.75. The lowest BCUT2D eigenvalue weighted by molar-refractivity contribution is -0.119. The van der Waals surface area contributed by atoms with E-state index in [0.29, 0.717) is 22.0 Å². The zero-order valence-electron chi connectivity index (χ0n) is 21.1. The third kappa shape index (κ3) is 6.07. The Bertz CT molecular complexity index is 1370. The van der Waals surface area contributed by atoms with Crippen LogP contribution in [0.3, 0.4) is 0 Å². The monoisotopic (exact) mass is 515 g/mol. The lowest BCUT2D eigenvalue weighted by Gasteiger charge is -2.33. The van der Waals surface area contributed by atoms with Gasteiger partial charge in [0.15, 0.2) is 6.61 Å². The third-order valence-corrected chi connectivity index (χ3v) is 7.79. The van der Waals surface area contributed by atoms with Crippen LogP contribution >= 0.6 is 11.3 Å². The van der Waals surface area contributed by atoms with Crippen molar-refractivity contribution < 1.29 is 19.1 Å². The van der Waals surface area contributed by atoms with Gasteiger partial charge < -0.3 is 15.4 Å². The molecule has 1 aromatic heterocycles. The number of fused-ring (bicyclic) bond motifs is 1. The molecule has 1 aliphatic carbocycles. The predicted octanol–water partition coefficient (Wildman–Crippen LogP) is 5.82. The summed E-state index contributed by atoms with van der Waals surface area (Å²) in [7, 11) is 0. The minimum atomic E-state index is -0.738. The summed E-state index contributed by atoms with van der Waals surface area (Å²) in [6.07, 6.45) is 2.70. The van der Waals surface area contributed by atoms with E-state index in [2.05, 4.69) is 37.5 Å². The number of nitrogens with one attached hydrogen (secondary N) is 2. The van der Waals surface area contributed by atoms with Crippen molar-refractivity contribution in [2.45, 2.75) is 40.0 Å². The van der Waals surface area contributed by atoms with E-state index in [0.717, 1.165) is 29.7 Å². The molecule has 2 amide bonds. The summed E-state index contributed by atoms with van der Waals surface area (Å²) < 4.78 is 5.25. The number of benzene rings is 2. The van der Waals surface area contributed by atoms with Crippen LogP contribution in [0.5, 0.6) is 0 Å². The Hall–Kier alpha value is -3.96. The summed E-state index contributed by atoms with van der Waals surface area (Å²) in [4.78, 5) is 39.1. The van der Waals surface area contributed by atoms with Crippen molar-refractivity contribution in [2.24, 2.45) is 11.3 Å². The van der Waals surface area contributed by atoms with E-state index in [-0.39, 0.29) is 22.6 Å². The first-order valence-electron chi connectivity index (χ1n) is 12.1. The van der Waals surface area contributed by atoms with Crippen LogP contribution in [0.25, 0.3) is 0 Å². The molecule has 4 rings (SSSR count). The predicted molar refractivity (Wildman–Crippen MR) is 144 cm³/mol. The largest absolute Gasteiger partial charge is 0.452 e. The second kappa shape index (κ2) is 11.0. The van der Waals surface area contributed by atoms with E-state index in [4.69, 9.17) is 4.74 Å². The van der Waals surface area contributed by atoms with Gasteiger partial charge in [0, 0.05) is 10.4 Å². The van der Waals surface area contributed by atoms with Crippen LogP contribution in [-0.2, 0) is 22.4 Å². The Morgan fingerprint density at radius 3 is 2.46 bits per heavy atom. The smallest absolute Gasteiger partial charge is 0.340 e. The van der Waals surface area contributed by atoms with Gasteiger partial charge in [-0.3, -0.25) is 9.59 Å². The molecule has 1 atom stereocenters. The summed E-state index contributed by atoms with van der Waals surface area (Å²) in [5.74, 6) is -1.12. The minimum absolute atomic E-state index is 0.136. The molecule has 8 heteroatoms. The van der Waals surface area contributed by atoms with Crippen molar-refractivity contribution in [3.05, 3.63) is 81.7 Å². The average Bonchev–Trinajstić information content (AvgIpc) is 3.23. The van der Waals surface area contributed by atoms with Crippen LogP contribution in [0, 0.1) is 22.7 Å². The maximum atomic E-state index is 12.7. The molecule has 0 bridgehead atoms. The van der Waals surface area contributed by atoms with Crippen molar-refractivity contribution in [1.82, 2.24) is 0 Å². The lowest BCUT2D eigenvalue weighted by Crippen LogP contribution is -2.26. The minimum Gasteiger partial charge on any atom is -0.452 e. The molecule has 0 unspecified atom stereocenters. The molecule has 1 heterocycles. The number of thiophene rings is 1. The molecule has 0 saturated carbocycles. The van der Waals surface area contributed by atoms with Gasteiger partial charge in [-0.1, -0.05) is 51.1 Å². The highest BCUT2D eigenvalue weighted by Gasteiger charge is 2.32. The quantitative estimate of drug-likeness (QED) is 0.402. The van der Waals surface area contributed by atoms with Crippen molar-refractivity contribution in [2.75, 3.05) is 17.2 Å². The molecule has 0 spiro atoms. The van der Waals surface area contributed by atoms with Gasteiger partial charge in [0.05, 0.1) is 16.8 Å². The Balaban J connectivity index is 1.40. The van der Waals surface area contributed by atoms with E-state index in [9.17, 15) is 19.6 Å². The second-order valence-corrected chi connectivity index (χ2v) is 11.2. The summed E-state index contributed by atoms with van der Waals surface area (Å²) in [5.41, 5.74) is 2.56. The van der Waals surface area contributed by atoms with Gasteiger partial charge in [-0.2, -0.15) is 5.26 Å². The van der Waals surface area contributed by atoms with Crippen LogP contribution in [0.4, 0.5) is 10.7 Å². The molecule has 190 valence electrons.